The number of carbonyl (C=O) groups excluding carboxylic acids is 2. The van der Waals surface area contributed by atoms with Gasteiger partial charge in [-0.3, -0.25) is 9.59 Å². The molecule has 1 heterocycles. The minimum Gasteiger partial charge on any atom is -0.333 e. The van der Waals surface area contributed by atoms with Gasteiger partial charge in [0, 0.05) is 18.3 Å². The van der Waals surface area contributed by atoms with E-state index < -0.39 is 0 Å². The van der Waals surface area contributed by atoms with Gasteiger partial charge in [0.1, 0.15) is 0 Å². The van der Waals surface area contributed by atoms with Crippen LogP contribution in [0.15, 0.2) is 53.7 Å². The number of rotatable bonds is 5. The molecule has 24 heavy (non-hydrogen) atoms. The highest BCUT2D eigenvalue weighted by atomic mass is 32.2. The van der Waals surface area contributed by atoms with Crippen molar-refractivity contribution < 1.29 is 9.59 Å². The van der Waals surface area contributed by atoms with Gasteiger partial charge in [-0.2, -0.15) is 0 Å². The second-order valence-electron chi connectivity index (χ2n) is 5.15. The van der Waals surface area contributed by atoms with E-state index in [1.807, 2.05) is 24.3 Å². The first-order valence-corrected chi connectivity index (χ1v) is 8.34. The molecule has 1 aromatic heterocycles. The first kappa shape index (κ1) is 16.1. The second-order valence-corrected chi connectivity index (χ2v) is 6.12. The molecule has 2 aromatic carbocycles. The van der Waals surface area contributed by atoms with Gasteiger partial charge in [0.25, 0.3) is 0 Å². The molecule has 0 aliphatic heterocycles. The van der Waals surface area contributed by atoms with Crippen LogP contribution >= 0.6 is 11.8 Å². The molecule has 2 amide bonds. The average Bonchev–Trinajstić information content (AvgIpc) is 2.97. The summed E-state index contributed by atoms with van der Waals surface area (Å²) in [5.74, 6) is 0.00884. The van der Waals surface area contributed by atoms with Crippen molar-refractivity contribution in [2.24, 2.45) is 0 Å². The highest BCUT2D eigenvalue weighted by Crippen LogP contribution is 2.20. The lowest BCUT2D eigenvalue weighted by Gasteiger charge is -2.06. The molecule has 0 bridgehead atoms. The highest BCUT2D eigenvalue weighted by molar-refractivity contribution is 7.99. The van der Waals surface area contributed by atoms with Gasteiger partial charge >= 0.3 is 0 Å². The Morgan fingerprint density at radius 1 is 1.04 bits per heavy atom. The Kier molecular flexibility index (Phi) is 4.81. The summed E-state index contributed by atoms with van der Waals surface area (Å²) in [6.07, 6.45) is 0. The minimum absolute atomic E-state index is 0.118. The normalized spacial score (nSPS) is 10.5. The molecule has 0 saturated carbocycles. The molecule has 0 radical (unpaired) electrons. The summed E-state index contributed by atoms with van der Waals surface area (Å²) in [5, 5.41) is 6.20. The van der Waals surface area contributed by atoms with Crippen molar-refractivity contribution in [1.29, 1.82) is 0 Å². The molecule has 0 aliphatic rings. The summed E-state index contributed by atoms with van der Waals surface area (Å²) in [6.45, 7) is 1.45. The molecular weight excluding hydrogens is 324 g/mol. The van der Waals surface area contributed by atoms with Crippen LogP contribution in [0.25, 0.3) is 11.0 Å². The lowest BCUT2D eigenvalue weighted by Crippen LogP contribution is -2.14. The second kappa shape index (κ2) is 7.18. The Bertz CT molecular complexity index is 841. The number of benzene rings is 2. The summed E-state index contributed by atoms with van der Waals surface area (Å²) < 4.78 is 0. The number of nitrogens with one attached hydrogen (secondary N) is 3. The molecule has 0 fully saturated rings. The van der Waals surface area contributed by atoms with Gasteiger partial charge in [0.05, 0.1) is 16.8 Å². The van der Waals surface area contributed by atoms with Crippen molar-refractivity contribution in [2.45, 2.75) is 12.1 Å². The lowest BCUT2D eigenvalue weighted by molar-refractivity contribution is -0.114. The summed E-state index contributed by atoms with van der Waals surface area (Å²) in [7, 11) is 0. The van der Waals surface area contributed by atoms with Crippen LogP contribution in [-0.4, -0.2) is 27.5 Å². The van der Waals surface area contributed by atoms with Crippen LogP contribution in [-0.2, 0) is 9.59 Å². The zero-order chi connectivity index (χ0) is 16.9. The van der Waals surface area contributed by atoms with E-state index in [0.717, 1.165) is 11.0 Å². The van der Waals surface area contributed by atoms with Crippen LogP contribution in [0.1, 0.15) is 6.92 Å². The Morgan fingerprint density at radius 2 is 1.71 bits per heavy atom. The summed E-state index contributed by atoms with van der Waals surface area (Å²) in [5.41, 5.74) is 3.21. The minimum atomic E-state index is -0.131. The predicted molar refractivity (Wildman–Crippen MR) is 96.2 cm³/mol. The number of carbonyl (C=O) groups is 2. The number of hydrogen-bond donors (Lipinski definition) is 3. The van der Waals surface area contributed by atoms with E-state index >= 15 is 0 Å². The summed E-state index contributed by atoms with van der Waals surface area (Å²) in [6, 6.07) is 14.7. The zero-order valence-electron chi connectivity index (χ0n) is 13.0. The third-order valence-corrected chi connectivity index (χ3v) is 4.07. The number of H-pyrrole nitrogens is 1. The summed E-state index contributed by atoms with van der Waals surface area (Å²) >= 11 is 1.35. The number of amides is 2. The van der Waals surface area contributed by atoms with Gasteiger partial charge < -0.3 is 15.6 Å². The molecular formula is C17H16N4O2S. The number of hydrogen-bond acceptors (Lipinski definition) is 4. The van der Waals surface area contributed by atoms with Crippen molar-refractivity contribution in [3.63, 3.8) is 0 Å². The monoisotopic (exact) mass is 340 g/mol. The van der Waals surface area contributed by atoms with Gasteiger partial charge in [0.15, 0.2) is 5.16 Å². The molecule has 0 atom stereocenters. The number of thioether (sulfide) groups is 1. The van der Waals surface area contributed by atoms with E-state index in [-0.39, 0.29) is 17.6 Å². The Morgan fingerprint density at radius 3 is 2.38 bits per heavy atom. The number of anilines is 2. The quantitative estimate of drug-likeness (QED) is 0.622. The summed E-state index contributed by atoms with van der Waals surface area (Å²) in [4.78, 5) is 30.6. The molecule has 0 spiro atoms. The predicted octanol–water partition coefficient (Wildman–Crippen LogP) is 3.25. The lowest BCUT2D eigenvalue weighted by atomic mass is 10.3. The van der Waals surface area contributed by atoms with Crippen LogP contribution in [0.5, 0.6) is 0 Å². The molecule has 3 rings (SSSR count). The number of fused-ring (bicyclic) bond motifs is 1. The van der Waals surface area contributed by atoms with E-state index in [9.17, 15) is 9.59 Å². The van der Waals surface area contributed by atoms with E-state index in [0.29, 0.717) is 16.5 Å². The van der Waals surface area contributed by atoms with Crippen LogP contribution in [0.3, 0.4) is 0 Å². The molecule has 0 unspecified atom stereocenters. The number of aromatic amines is 1. The van der Waals surface area contributed by atoms with Crippen LogP contribution in [0.4, 0.5) is 11.4 Å². The molecule has 0 aliphatic carbocycles. The fraction of sp³-hybridized carbons (Fsp3) is 0.118. The largest absolute Gasteiger partial charge is 0.333 e. The van der Waals surface area contributed by atoms with Crippen molar-refractivity contribution >= 4 is 46.0 Å². The van der Waals surface area contributed by atoms with Gasteiger partial charge in [-0.25, -0.2) is 4.98 Å². The average molecular weight is 340 g/mol. The fourth-order valence-corrected chi connectivity index (χ4v) is 2.85. The Hall–Kier alpha value is -2.80. The molecule has 6 nitrogen and oxygen atoms in total. The molecule has 3 aromatic rings. The topological polar surface area (TPSA) is 86.9 Å². The zero-order valence-corrected chi connectivity index (χ0v) is 13.8. The number of nitrogens with zero attached hydrogens (tertiary/aromatic N) is 1. The van der Waals surface area contributed by atoms with E-state index in [4.69, 9.17) is 0 Å². The standard InChI is InChI=1S/C17H16N4O2S/c1-11(22)18-12-6-8-13(9-7-12)19-16(23)10-24-17-20-14-4-2-3-5-15(14)21-17/h2-9H,10H2,1H3,(H,18,22)(H,19,23)(H,20,21). The molecule has 0 saturated heterocycles. The van der Waals surface area contributed by atoms with Crippen LogP contribution in [0, 0.1) is 0 Å². The fourth-order valence-electron chi connectivity index (χ4n) is 2.17. The van der Waals surface area contributed by atoms with Crippen molar-refractivity contribution in [1.82, 2.24) is 9.97 Å². The van der Waals surface area contributed by atoms with Crippen molar-refractivity contribution in [2.75, 3.05) is 16.4 Å². The number of aromatic nitrogens is 2. The van der Waals surface area contributed by atoms with Crippen LogP contribution < -0.4 is 10.6 Å². The van der Waals surface area contributed by atoms with Gasteiger partial charge in [-0.15, -0.1) is 0 Å². The Labute approximate surface area is 143 Å². The SMILES string of the molecule is CC(=O)Nc1ccc(NC(=O)CSc2nc3ccccc3[nH]2)cc1. The molecule has 122 valence electrons. The number of para-hydroxylation sites is 2. The number of imidazole rings is 1. The van der Waals surface area contributed by atoms with Gasteiger partial charge in [-0.05, 0) is 36.4 Å². The van der Waals surface area contributed by atoms with E-state index in [1.165, 1.54) is 18.7 Å². The maximum absolute atomic E-state index is 12.0. The smallest absolute Gasteiger partial charge is 0.234 e. The maximum Gasteiger partial charge on any atom is 0.234 e. The van der Waals surface area contributed by atoms with Gasteiger partial charge in [-0.1, -0.05) is 23.9 Å². The third kappa shape index (κ3) is 4.14. The highest BCUT2D eigenvalue weighted by Gasteiger charge is 2.07. The van der Waals surface area contributed by atoms with E-state index in [2.05, 4.69) is 20.6 Å². The first-order chi connectivity index (χ1) is 11.6. The molecule has 3 N–H and O–H groups in total. The van der Waals surface area contributed by atoms with Crippen molar-refractivity contribution in [3.05, 3.63) is 48.5 Å². The third-order valence-electron chi connectivity index (χ3n) is 3.20. The van der Waals surface area contributed by atoms with Crippen molar-refractivity contribution in [3.8, 4) is 0 Å². The van der Waals surface area contributed by atoms with Crippen LogP contribution in [0.2, 0.25) is 0 Å². The molecule has 7 heteroatoms. The first-order valence-electron chi connectivity index (χ1n) is 7.35. The van der Waals surface area contributed by atoms with Gasteiger partial charge in [0.2, 0.25) is 11.8 Å². The maximum atomic E-state index is 12.0. The van der Waals surface area contributed by atoms with E-state index in [1.54, 1.807) is 24.3 Å². The Balaban J connectivity index is 1.54.